The summed E-state index contributed by atoms with van der Waals surface area (Å²) in [4.78, 5) is 66.1. The van der Waals surface area contributed by atoms with Crippen LogP contribution in [-0.4, -0.2) is 96.4 Å². The molecule has 0 aliphatic heterocycles. The Balaban J connectivity index is 3.03. The molecule has 0 aliphatic rings. The molecule has 1 heterocycles. The molecule has 0 radical (unpaired) electrons. The second-order valence-electron chi connectivity index (χ2n) is 7.33. The van der Waals surface area contributed by atoms with E-state index in [0.29, 0.717) is 5.69 Å². The number of carboxylic acids is 2. The van der Waals surface area contributed by atoms with Crippen molar-refractivity contribution in [3.05, 3.63) is 18.2 Å². The van der Waals surface area contributed by atoms with Crippen LogP contribution in [0, 0.1) is 0 Å². The molecular formula is C18H28N6O9. The molecule has 1 aromatic heterocycles. The summed E-state index contributed by atoms with van der Waals surface area (Å²) >= 11 is 0. The number of nitrogens with one attached hydrogen (secondary N) is 4. The van der Waals surface area contributed by atoms with Gasteiger partial charge >= 0.3 is 11.9 Å². The second kappa shape index (κ2) is 12.5. The van der Waals surface area contributed by atoms with Crippen molar-refractivity contribution in [3.63, 3.8) is 0 Å². The van der Waals surface area contributed by atoms with Gasteiger partial charge in [-0.2, -0.15) is 0 Å². The van der Waals surface area contributed by atoms with Gasteiger partial charge in [0, 0.05) is 18.3 Å². The predicted molar refractivity (Wildman–Crippen MR) is 109 cm³/mol. The fraction of sp³-hybridized carbons (Fsp3) is 0.556. The summed E-state index contributed by atoms with van der Waals surface area (Å²) in [6, 6.07) is -6.17. The number of aromatic nitrogens is 2. The largest absolute Gasteiger partial charge is 0.481 e. The third-order valence-corrected chi connectivity index (χ3v) is 4.49. The van der Waals surface area contributed by atoms with Crippen molar-refractivity contribution >= 4 is 29.7 Å². The van der Waals surface area contributed by atoms with Crippen LogP contribution >= 0.6 is 0 Å². The van der Waals surface area contributed by atoms with Crippen molar-refractivity contribution in [1.29, 1.82) is 0 Å². The van der Waals surface area contributed by atoms with Gasteiger partial charge in [0.15, 0.2) is 0 Å². The van der Waals surface area contributed by atoms with Crippen LogP contribution < -0.4 is 21.7 Å². The number of hydrogen-bond acceptors (Lipinski definition) is 9. The van der Waals surface area contributed by atoms with E-state index in [-0.39, 0.29) is 6.42 Å². The lowest BCUT2D eigenvalue weighted by molar-refractivity contribution is -0.148. The van der Waals surface area contributed by atoms with Crippen molar-refractivity contribution < 1.29 is 44.4 Å². The zero-order valence-corrected chi connectivity index (χ0v) is 17.9. The van der Waals surface area contributed by atoms with Crippen molar-refractivity contribution in [3.8, 4) is 0 Å². The zero-order chi connectivity index (χ0) is 25.3. The van der Waals surface area contributed by atoms with Gasteiger partial charge in [0.25, 0.3) is 0 Å². The summed E-state index contributed by atoms with van der Waals surface area (Å²) < 4.78 is 0. The lowest BCUT2D eigenvalue weighted by atomic mass is 10.1. The molecule has 6 atom stereocenters. The maximum absolute atomic E-state index is 12.8. The van der Waals surface area contributed by atoms with Crippen molar-refractivity contribution in [2.75, 3.05) is 0 Å². The molecule has 3 amide bonds. The minimum atomic E-state index is -1.81. The Bertz CT molecular complexity index is 842. The average molecular weight is 472 g/mol. The van der Waals surface area contributed by atoms with Gasteiger partial charge in [-0.1, -0.05) is 0 Å². The van der Waals surface area contributed by atoms with Crippen molar-refractivity contribution in [1.82, 2.24) is 25.9 Å². The van der Waals surface area contributed by atoms with Crippen LogP contribution in [0.2, 0.25) is 0 Å². The van der Waals surface area contributed by atoms with Gasteiger partial charge in [-0.05, 0) is 13.8 Å². The summed E-state index contributed by atoms with van der Waals surface area (Å²) in [5, 5.41) is 43.8. The number of imidazole rings is 1. The Hall–Kier alpha value is -3.56. The number of aliphatic hydroxyl groups is 2. The maximum atomic E-state index is 12.8. The van der Waals surface area contributed by atoms with Gasteiger partial charge < -0.3 is 47.1 Å². The third-order valence-electron chi connectivity index (χ3n) is 4.49. The Morgan fingerprint density at radius 3 is 2.03 bits per heavy atom. The molecule has 0 aromatic carbocycles. The first-order valence-corrected chi connectivity index (χ1v) is 9.78. The summed E-state index contributed by atoms with van der Waals surface area (Å²) in [5.41, 5.74) is 6.00. The van der Waals surface area contributed by atoms with Crippen LogP contribution in [0.25, 0.3) is 0 Å². The number of carbonyl (C=O) groups excluding carboxylic acids is 3. The van der Waals surface area contributed by atoms with Gasteiger partial charge in [-0.15, -0.1) is 0 Å². The highest BCUT2D eigenvalue weighted by molar-refractivity contribution is 5.95. The van der Waals surface area contributed by atoms with E-state index in [9.17, 15) is 34.2 Å². The van der Waals surface area contributed by atoms with Crippen LogP contribution in [0.1, 0.15) is 26.0 Å². The van der Waals surface area contributed by atoms with E-state index in [0.717, 1.165) is 6.92 Å². The van der Waals surface area contributed by atoms with Gasteiger partial charge in [0.05, 0.1) is 25.0 Å². The lowest BCUT2D eigenvalue weighted by Crippen LogP contribution is -2.60. The number of amides is 3. The highest BCUT2D eigenvalue weighted by Gasteiger charge is 2.34. The molecule has 1 aromatic rings. The van der Waals surface area contributed by atoms with Crippen LogP contribution in [-0.2, 0) is 30.4 Å². The number of nitrogens with zero attached hydrogens (tertiary/aromatic N) is 1. The first-order chi connectivity index (χ1) is 15.3. The number of aromatic amines is 1. The molecular weight excluding hydrogens is 444 g/mol. The first kappa shape index (κ1) is 27.5. The minimum absolute atomic E-state index is 0.130. The zero-order valence-electron chi connectivity index (χ0n) is 17.9. The van der Waals surface area contributed by atoms with Crippen LogP contribution in [0.5, 0.6) is 0 Å². The van der Waals surface area contributed by atoms with E-state index in [1.807, 2.05) is 5.32 Å². The highest BCUT2D eigenvalue weighted by atomic mass is 16.4. The number of nitrogens with two attached hydrogens (primary N) is 1. The van der Waals surface area contributed by atoms with Crippen molar-refractivity contribution in [2.45, 2.75) is 63.1 Å². The number of aliphatic carboxylic acids is 2. The molecule has 10 N–H and O–H groups in total. The van der Waals surface area contributed by atoms with Gasteiger partial charge in [0.1, 0.15) is 24.2 Å². The number of carbonyl (C=O) groups is 5. The van der Waals surface area contributed by atoms with Crippen molar-refractivity contribution in [2.24, 2.45) is 5.73 Å². The number of hydrogen-bond donors (Lipinski definition) is 9. The molecule has 15 nitrogen and oxygen atoms in total. The summed E-state index contributed by atoms with van der Waals surface area (Å²) in [7, 11) is 0. The molecule has 33 heavy (non-hydrogen) atoms. The standard InChI is InChI=1S/C18H28N6O9/c1-7(25)13(19)16(30)22-10(3-9-5-20-6-21-9)15(29)24-14(8(2)26)17(31)23-11(18(32)33)4-12(27)28/h5-8,10-11,13-14,25-26H,3-4,19H2,1-2H3,(H,20,21)(H,22,30)(H,23,31)(H,24,29)(H,27,28)(H,32,33). The van der Waals surface area contributed by atoms with E-state index >= 15 is 0 Å². The number of H-pyrrole nitrogens is 1. The smallest absolute Gasteiger partial charge is 0.326 e. The van der Waals surface area contributed by atoms with E-state index in [1.54, 1.807) is 0 Å². The highest BCUT2D eigenvalue weighted by Crippen LogP contribution is 2.04. The van der Waals surface area contributed by atoms with Crippen LogP contribution in [0.4, 0.5) is 0 Å². The molecule has 184 valence electrons. The van der Waals surface area contributed by atoms with Crippen LogP contribution in [0.3, 0.4) is 0 Å². The monoisotopic (exact) mass is 472 g/mol. The fourth-order valence-electron chi connectivity index (χ4n) is 2.61. The number of rotatable bonds is 13. The van der Waals surface area contributed by atoms with Gasteiger partial charge in [-0.25, -0.2) is 9.78 Å². The van der Waals surface area contributed by atoms with E-state index < -0.39 is 72.5 Å². The second-order valence-corrected chi connectivity index (χ2v) is 7.33. The Morgan fingerprint density at radius 1 is 0.970 bits per heavy atom. The lowest BCUT2D eigenvalue weighted by Gasteiger charge is -2.26. The molecule has 0 fully saturated rings. The minimum Gasteiger partial charge on any atom is -0.481 e. The SMILES string of the molecule is CC(O)C(N)C(=O)NC(Cc1cnc[nH]1)C(=O)NC(C(=O)NC(CC(=O)O)C(=O)O)C(C)O. The summed E-state index contributed by atoms with van der Waals surface area (Å²) in [6.45, 7) is 2.42. The quantitative estimate of drug-likeness (QED) is 0.134. The molecule has 15 heteroatoms. The average Bonchev–Trinajstić information content (AvgIpc) is 3.22. The molecule has 6 unspecified atom stereocenters. The summed E-state index contributed by atoms with van der Waals surface area (Å²) in [6.07, 6.45) is -1.10. The Morgan fingerprint density at radius 2 is 1.58 bits per heavy atom. The predicted octanol–water partition coefficient (Wildman–Crippen LogP) is -3.95. The third kappa shape index (κ3) is 8.83. The maximum Gasteiger partial charge on any atom is 0.326 e. The normalized spacial score (nSPS) is 16.4. The first-order valence-electron chi connectivity index (χ1n) is 9.78. The molecule has 0 saturated heterocycles. The topological polar surface area (TPSA) is 257 Å². The molecule has 0 bridgehead atoms. The Labute approximate surface area is 187 Å². The molecule has 1 rings (SSSR count). The van der Waals surface area contributed by atoms with Gasteiger partial charge in [-0.3, -0.25) is 19.2 Å². The molecule has 0 saturated carbocycles. The number of aliphatic hydroxyl groups excluding tert-OH is 2. The molecule has 0 aliphatic carbocycles. The fourth-order valence-corrected chi connectivity index (χ4v) is 2.61. The van der Waals surface area contributed by atoms with Gasteiger partial charge in [0.2, 0.25) is 17.7 Å². The van der Waals surface area contributed by atoms with Crippen LogP contribution in [0.15, 0.2) is 12.5 Å². The van der Waals surface area contributed by atoms with E-state index in [2.05, 4.69) is 20.6 Å². The Kier molecular flexibility index (Phi) is 10.4. The number of carboxylic acid groups (broad SMARTS) is 2. The summed E-state index contributed by atoms with van der Waals surface area (Å²) in [5.74, 6) is -6.08. The van der Waals surface area contributed by atoms with E-state index in [4.69, 9.17) is 15.9 Å². The molecule has 0 spiro atoms. The van der Waals surface area contributed by atoms with E-state index in [1.165, 1.54) is 19.4 Å².